The average Bonchev–Trinajstić information content (AvgIpc) is 3.04. The van der Waals surface area contributed by atoms with Crippen molar-refractivity contribution in [3.63, 3.8) is 0 Å². The van der Waals surface area contributed by atoms with Crippen molar-refractivity contribution < 1.29 is 0 Å². The summed E-state index contributed by atoms with van der Waals surface area (Å²) in [6.07, 6.45) is 9.97. The quantitative estimate of drug-likeness (QED) is 0.915. The second-order valence-electron chi connectivity index (χ2n) is 5.97. The summed E-state index contributed by atoms with van der Waals surface area (Å²) in [4.78, 5) is 0. The highest BCUT2D eigenvalue weighted by molar-refractivity contribution is 5.56. The minimum atomic E-state index is 0.911. The summed E-state index contributed by atoms with van der Waals surface area (Å²) in [5.41, 5.74) is 3.43. The number of hydrogen-bond donors (Lipinski definition) is 1. The Morgan fingerprint density at radius 3 is 2.86 bits per heavy atom. The van der Waals surface area contributed by atoms with Gasteiger partial charge >= 0.3 is 0 Å². The average molecular weight is 285 g/mol. The molecule has 0 amide bonds. The lowest BCUT2D eigenvalue weighted by molar-refractivity contribution is 0.345. The van der Waals surface area contributed by atoms with E-state index >= 15 is 0 Å². The third kappa shape index (κ3) is 3.60. The molecule has 0 bridgehead atoms. The summed E-state index contributed by atoms with van der Waals surface area (Å²) in [7, 11) is 0. The smallest absolute Gasteiger partial charge is 0.143 e. The molecular formula is C16H23N5. The van der Waals surface area contributed by atoms with Crippen molar-refractivity contribution in [2.45, 2.75) is 45.4 Å². The summed E-state index contributed by atoms with van der Waals surface area (Å²) in [6.45, 7) is 3.18. The number of benzene rings is 1. The van der Waals surface area contributed by atoms with Crippen LogP contribution in [0.15, 0.2) is 24.5 Å². The van der Waals surface area contributed by atoms with Crippen LogP contribution in [0.4, 0.5) is 5.69 Å². The van der Waals surface area contributed by atoms with Crippen LogP contribution >= 0.6 is 0 Å². The van der Waals surface area contributed by atoms with E-state index < -0.39 is 0 Å². The number of nitrogens with one attached hydrogen (secondary N) is 1. The molecule has 5 heteroatoms. The number of aromatic nitrogens is 4. The Morgan fingerprint density at radius 2 is 2.10 bits per heavy atom. The molecule has 1 aromatic carbocycles. The number of aryl methyl sites for hydroxylation is 1. The van der Waals surface area contributed by atoms with Crippen molar-refractivity contribution in [3.05, 3.63) is 30.1 Å². The maximum atomic E-state index is 3.94. The molecule has 0 spiro atoms. The molecule has 0 atom stereocenters. The molecule has 112 valence electrons. The summed E-state index contributed by atoms with van der Waals surface area (Å²) < 4.78 is 1.69. The van der Waals surface area contributed by atoms with E-state index in [1.165, 1.54) is 49.8 Å². The normalized spacial score (nSPS) is 16.0. The lowest BCUT2D eigenvalue weighted by Gasteiger charge is -2.22. The number of anilines is 1. The fraction of sp³-hybridized carbons (Fsp3) is 0.562. The first-order valence-corrected chi connectivity index (χ1v) is 7.91. The first kappa shape index (κ1) is 14.0. The van der Waals surface area contributed by atoms with E-state index in [0.717, 1.165) is 18.2 Å². The SMILES string of the molecule is Cc1ccc(-n2cnnn2)cc1NCCC1CCCCC1. The minimum absolute atomic E-state index is 0.911. The lowest BCUT2D eigenvalue weighted by atomic mass is 9.87. The molecule has 21 heavy (non-hydrogen) atoms. The van der Waals surface area contributed by atoms with Gasteiger partial charge in [0.1, 0.15) is 6.33 Å². The van der Waals surface area contributed by atoms with Crippen LogP contribution in [-0.4, -0.2) is 26.8 Å². The van der Waals surface area contributed by atoms with Gasteiger partial charge in [-0.25, -0.2) is 4.68 Å². The molecule has 1 N–H and O–H groups in total. The van der Waals surface area contributed by atoms with E-state index in [4.69, 9.17) is 0 Å². The number of tetrazole rings is 1. The summed E-state index contributed by atoms with van der Waals surface area (Å²) in [6, 6.07) is 6.27. The van der Waals surface area contributed by atoms with Crippen molar-refractivity contribution >= 4 is 5.69 Å². The molecule has 1 aliphatic carbocycles. The maximum absolute atomic E-state index is 3.94. The fourth-order valence-electron chi connectivity index (χ4n) is 3.11. The molecule has 1 saturated carbocycles. The molecule has 1 aromatic heterocycles. The molecule has 1 heterocycles. The Hall–Kier alpha value is -1.91. The van der Waals surface area contributed by atoms with E-state index in [2.05, 4.69) is 39.9 Å². The van der Waals surface area contributed by atoms with Crippen molar-refractivity contribution in [2.75, 3.05) is 11.9 Å². The largest absolute Gasteiger partial charge is 0.385 e. The van der Waals surface area contributed by atoms with E-state index in [9.17, 15) is 0 Å². The van der Waals surface area contributed by atoms with Gasteiger partial charge in [0, 0.05) is 12.2 Å². The van der Waals surface area contributed by atoms with Crippen LogP contribution in [0.3, 0.4) is 0 Å². The highest BCUT2D eigenvalue weighted by Crippen LogP contribution is 2.26. The third-order valence-electron chi connectivity index (χ3n) is 4.43. The topological polar surface area (TPSA) is 55.6 Å². The third-order valence-corrected chi connectivity index (χ3v) is 4.43. The molecular weight excluding hydrogens is 262 g/mol. The second-order valence-corrected chi connectivity index (χ2v) is 5.97. The van der Waals surface area contributed by atoms with Crippen LogP contribution in [0.2, 0.25) is 0 Å². The van der Waals surface area contributed by atoms with Crippen molar-refractivity contribution in [1.29, 1.82) is 0 Å². The maximum Gasteiger partial charge on any atom is 0.143 e. The Bertz CT molecular complexity index is 558. The van der Waals surface area contributed by atoms with Gasteiger partial charge in [0.25, 0.3) is 0 Å². The van der Waals surface area contributed by atoms with Crippen molar-refractivity contribution in [1.82, 2.24) is 20.2 Å². The van der Waals surface area contributed by atoms with Gasteiger partial charge < -0.3 is 5.32 Å². The Morgan fingerprint density at radius 1 is 1.24 bits per heavy atom. The summed E-state index contributed by atoms with van der Waals surface area (Å²) in [5.74, 6) is 0.911. The van der Waals surface area contributed by atoms with Crippen molar-refractivity contribution in [3.8, 4) is 5.69 Å². The van der Waals surface area contributed by atoms with Crippen LogP contribution in [0.25, 0.3) is 5.69 Å². The molecule has 0 saturated heterocycles. The Kier molecular flexibility index (Phi) is 4.48. The zero-order valence-corrected chi connectivity index (χ0v) is 12.6. The highest BCUT2D eigenvalue weighted by Gasteiger charge is 2.13. The Balaban J connectivity index is 1.60. The van der Waals surface area contributed by atoms with Gasteiger partial charge in [-0.05, 0) is 47.4 Å². The first-order valence-electron chi connectivity index (χ1n) is 7.91. The van der Waals surface area contributed by atoms with Gasteiger partial charge in [-0.3, -0.25) is 0 Å². The van der Waals surface area contributed by atoms with E-state index in [-0.39, 0.29) is 0 Å². The molecule has 0 radical (unpaired) electrons. The molecule has 2 aromatic rings. The lowest BCUT2D eigenvalue weighted by Crippen LogP contribution is -2.12. The van der Waals surface area contributed by atoms with Crippen LogP contribution in [0.5, 0.6) is 0 Å². The number of nitrogens with zero attached hydrogens (tertiary/aromatic N) is 4. The number of hydrogen-bond acceptors (Lipinski definition) is 4. The molecule has 0 unspecified atom stereocenters. The second kappa shape index (κ2) is 6.70. The zero-order chi connectivity index (χ0) is 14.5. The molecule has 3 rings (SSSR count). The highest BCUT2D eigenvalue weighted by atomic mass is 15.5. The minimum Gasteiger partial charge on any atom is -0.385 e. The van der Waals surface area contributed by atoms with Crippen LogP contribution < -0.4 is 5.32 Å². The van der Waals surface area contributed by atoms with E-state index in [1.807, 2.05) is 6.07 Å². The van der Waals surface area contributed by atoms with Gasteiger partial charge in [-0.15, -0.1) is 5.10 Å². The predicted octanol–water partition coefficient (Wildman–Crippen LogP) is 3.35. The van der Waals surface area contributed by atoms with Crippen LogP contribution in [0, 0.1) is 12.8 Å². The van der Waals surface area contributed by atoms with Crippen LogP contribution in [0.1, 0.15) is 44.1 Å². The predicted molar refractivity (Wildman–Crippen MR) is 83.6 cm³/mol. The molecule has 1 aliphatic rings. The summed E-state index contributed by atoms with van der Waals surface area (Å²) in [5, 5.41) is 14.9. The first-order chi connectivity index (χ1) is 10.3. The standard InChI is InChI=1S/C16H23N5/c1-13-7-8-15(21-12-18-19-20-21)11-16(13)17-10-9-14-5-3-2-4-6-14/h7-8,11-12,14,17H,2-6,9-10H2,1H3. The monoisotopic (exact) mass is 285 g/mol. The van der Waals surface area contributed by atoms with Gasteiger partial charge in [0.05, 0.1) is 5.69 Å². The Labute approximate surface area is 125 Å². The molecule has 5 nitrogen and oxygen atoms in total. The molecule has 0 aliphatic heterocycles. The van der Waals surface area contributed by atoms with E-state index in [1.54, 1.807) is 11.0 Å². The van der Waals surface area contributed by atoms with Crippen LogP contribution in [-0.2, 0) is 0 Å². The van der Waals surface area contributed by atoms with Gasteiger partial charge in [0.15, 0.2) is 0 Å². The summed E-state index contributed by atoms with van der Waals surface area (Å²) >= 11 is 0. The van der Waals surface area contributed by atoms with Gasteiger partial charge in [-0.1, -0.05) is 38.2 Å². The van der Waals surface area contributed by atoms with E-state index in [0.29, 0.717) is 0 Å². The number of rotatable bonds is 5. The van der Waals surface area contributed by atoms with Gasteiger partial charge in [-0.2, -0.15) is 0 Å². The fourth-order valence-corrected chi connectivity index (χ4v) is 3.11. The molecule has 1 fully saturated rings. The zero-order valence-electron chi connectivity index (χ0n) is 12.6. The van der Waals surface area contributed by atoms with Gasteiger partial charge in [0.2, 0.25) is 0 Å². The van der Waals surface area contributed by atoms with Crippen molar-refractivity contribution in [2.24, 2.45) is 5.92 Å².